The molecule has 0 aliphatic heterocycles. The molecule has 0 aromatic carbocycles. The Bertz CT molecular complexity index is 377. The topological polar surface area (TPSA) is 75.3 Å². The van der Waals surface area contributed by atoms with Gasteiger partial charge in [-0.15, -0.1) is 0 Å². The summed E-state index contributed by atoms with van der Waals surface area (Å²) in [6.45, 7) is 3.38. The molecule has 1 aromatic rings. The van der Waals surface area contributed by atoms with E-state index in [1.54, 1.807) is 6.20 Å². The molecule has 0 saturated carbocycles. The third-order valence-electron chi connectivity index (χ3n) is 1.95. The van der Waals surface area contributed by atoms with Crippen LogP contribution in [0, 0.1) is 0 Å². The summed E-state index contributed by atoms with van der Waals surface area (Å²) in [5.41, 5.74) is 6.41. The number of nitrogens with one attached hydrogen (secondary N) is 2. The monoisotopic (exact) mass is 251 g/mol. The molecule has 0 atom stereocenters. The van der Waals surface area contributed by atoms with E-state index in [1.807, 2.05) is 25.1 Å². The Kier molecular flexibility index (Phi) is 5.95. The van der Waals surface area contributed by atoms with E-state index in [4.69, 9.17) is 18.0 Å². The molecule has 0 amide bonds. The van der Waals surface area contributed by atoms with Gasteiger partial charge in [-0.2, -0.15) is 0 Å². The van der Waals surface area contributed by atoms with E-state index in [1.165, 1.54) is 0 Å². The molecule has 1 rings (SSSR count). The van der Waals surface area contributed by atoms with E-state index in [0.717, 1.165) is 18.7 Å². The summed E-state index contributed by atoms with van der Waals surface area (Å²) < 4.78 is 0. The fraction of sp³-hybridized carbons (Fsp3) is 0.364. The molecule has 17 heavy (non-hydrogen) atoms. The van der Waals surface area contributed by atoms with Crippen molar-refractivity contribution in [3.05, 3.63) is 30.1 Å². The van der Waals surface area contributed by atoms with Gasteiger partial charge in [0.05, 0.1) is 0 Å². The minimum absolute atomic E-state index is 0.211. The lowest BCUT2D eigenvalue weighted by Gasteiger charge is -2.09. The van der Waals surface area contributed by atoms with Crippen LogP contribution in [0.25, 0.3) is 0 Å². The molecule has 4 N–H and O–H groups in total. The maximum absolute atomic E-state index is 5.39. The quantitative estimate of drug-likeness (QED) is 0.411. The summed E-state index contributed by atoms with van der Waals surface area (Å²) in [5.74, 6) is 0.607. The van der Waals surface area contributed by atoms with Crippen molar-refractivity contribution in [2.75, 3.05) is 13.1 Å². The molecular weight excluding hydrogens is 234 g/mol. The summed E-state index contributed by atoms with van der Waals surface area (Å²) in [4.78, 5) is 8.56. The second kappa shape index (κ2) is 7.56. The lowest BCUT2D eigenvalue weighted by Crippen LogP contribution is -2.43. The highest BCUT2D eigenvalue weighted by Gasteiger charge is 1.97. The van der Waals surface area contributed by atoms with Crippen molar-refractivity contribution < 1.29 is 0 Å². The fourth-order valence-electron chi connectivity index (χ4n) is 1.25. The molecule has 0 unspecified atom stereocenters. The van der Waals surface area contributed by atoms with Crippen LogP contribution in [0.2, 0.25) is 0 Å². The molecule has 1 aromatic heterocycles. The normalized spacial score (nSPS) is 11.0. The summed E-state index contributed by atoms with van der Waals surface area (Å²) in [5, 5.41) is 6.06. The van der Waals surface area contributed by atoms with E-state index in [2.05, 4.69) is 20.6 Å². The Labute approximate surface area is 107 Å². The lowest BCUT2D eigenvalue weighted by atomic mass is 10.3. The van der Waals surface area contributed by atoms with Gasteiger partial charge in [0.2, 0.25) is 0 Å². The minimum atomic E-state index is 0.211. The van der Waals surface area contributed by atoms with Gasteiger partial charge in [0.15, 0.2) is 11.1 Å². The van der Waals surface area contributed by atoms with E-state index < -0.39 is 0 Å². The van der Waals surface area contributed by atoms with Crippen molar-refractivity contribution in [1.29, 1.82) is 0 Å². The van der Waals surface area contributed by atoms with Crippen molar-refractivity contribution in [2.24, 2.45) is 10.7 Å². The zero-order valence-electron chi connectivity index (χ0n) is 9.81. The van der Waals surface area contributed by atoms with E-state index in [-0.39, 0.29) is 5.11 Å². The Morgan fingerprint density at radius 3 is 2.94 bits per heavy atom. The maximum Gasteiger partial charge on any atom is 0.197 e. The van der Waals surface area contributed by atoms with Crippen LogP contribution in [-0.2, 0) is 6.42 Å². The first-order valence-electron chi connectivity index (χ1n) is 5.47. The minimum Gasteiger partial charge on any atom is -0.376 e. The predicted octanol–water partition coefficient (Wildman–Crippen LogP) is 0.423. The van der Waals surface area contributed by atoms with Crippen LogP contribution in [0.1, 0.15) is 12.6 Å². The maximum atomic E-state index is 5.39. The Hall–Kier alpha value is -1.69. The van der Waals surface area contributed by atoms with Crippen LogP contribution in [0.4, 0.5) is 0 Å². The first-order chi connectivity index (χ1) is 8.22. The van der Waals surface area contributed by atoms with Gasteiger partial charge in [-0.3, -0.25) is 9.98 Å². The molecule has 6 heteroatoms. The van der Waals surface area contributed by atoms with Crippen LogP contribution < -0.4 is 16.4 Å². The molecule has 0 saturated heterocycles. The number of hydrogen-bond acceptors (Lipinski definition) is 3. The number of aromatic nitrogens is 1. The number of nitrogens with zero attached hydrogens (tertiary/aromatic N) is 2. The van der Waals surface area contributed by atoms with Crippen LogP contribution in [-0.4, -0.2) is 29.1 Å². The Morgan fingerprint density at radius 1 is 1.53 bits per heavy atom. The standard InChI is InChI=1S/C11H17N5S/c1-2-13-11(16-10(12)17)15-8-6-9-5-3-4-7-14-9/h3-5,7H,2,6,8H2,1H3,(H4,12,13,15,16,17). The third kappa shape index (κ3) is 5.82. The van der Waals surface area contributed by atoms with Gasteiger partial charge in [0.25, 0.3) is 0 Å². The largest absolute Gasteiger partial charge is 0.376 e. The number of guanidine groups is 1. The zero-order chi connectivity index (χ0) is 12.5. The summed E-state index contributed by atoms with van der Waals surface area (Å²) in [7, 11) is 0. The fourth-order valence-corrected chi connectivity index (χ4v) is 1.35. The van der Waals surface area contributed by atoms with E-state index >= 15 is 0 Å². The Morgan fingerprint density at radius 2 is 2.35 bits per heavy atom. The third-order valence-corrected chi connectivity index (χ3v) is 2.05. The van der Waals surface area contributed by atoms with Gasteiger partial charge < -0.3 is 16.4 Å². The number of thiocarbonyl (C=S) groups is 1. The number of nitrogens with two attached hydrogens (primary N) is 1. The SMILES string of the molecule is CCNC(=NCCc1ccccn1)NC(N)=S. The Balaban J connectivity index is 2.46. The summed E-state index contributed by atoms with van der Waals surface area (Å²) >= 11 is 4.76. The molecule has 92 valence electrons. The number of aliphatic imine (C=N–C) groups is 1. The van der Waals surface area contributed by atoms with Crippen molar-refractivity contribution in [1.82, 2.24) is 15.6 Å². The average Bonchev–Trinajstić information content (AvgIpc) is 2.30. The molecular formula is C11H17N5S. The average molecular weight is 251 g/mol. The molecule has 1 heterocycles. The second-order valence-corrected chi connectivity index (χ2v) is 3.76. The van der Waals surface area contributed by atoms with Crippen LogP contribution >= 0.6 is 12.2 Å². The number of rotatable bonds is 4. The van der Waals surface area contributed by atoms with Crippen LogP contribution in [0.3, 0.4) is 0 Å². The highest BCUT2D eigenvalue weighted by atomic mass is 32.1. The van der Waals surface area contributed by atoms with Gasteiger partial charge in [-0.1, -0.05) is 6.07 Å². The smallest absolute Gasteiger partial charge is 0.197 e. The van der Waals surface area contributed by atoms with E-state index in [0.29, 0.717) is 12.5 Å². The molecule has 0 spiro atoms. The van der Waals surface area contributed by atoms with Crippen molar-refractivity contribution >= 4 is 23.3 Å². The summed E-state index contributed by atoms with van der Waals surface area (Å²) in [6, 6.07) is 5.83. The van der Waals surface area contributed by atoms with Crippen LogP contribution in [0.5, 0.6) is 0 Å². The molecule has 0 radical (unpaired) electrons. The van der Waals surface area contributed by atoms with E-state index in [9.17, 15) is 0 Å². The lowest BCUT2D eigenvalue weighted by molar-refractivity contribution is 0.875. The molecule has 0 fully saturated rings. The molecule has 0 bridgehead atoms. The molecule has 0 aliphatic rings. The van der Waals surface area contributed by atoms with Gasteiger partial charge in [0, 0.05) is 31.4 Å². The second-order valence-electron chi connectivity index (χ2n) is 3.32. The predicted molar refractivity (Wildman–Crippen MR) is 73.8 cm³/mol. The van der Waals surface area contributed by atoms with Crippen molar-refractivity contribution in [3.63, 3.8) is 0 Å². The van der Waals surface area contributed by atoms with Gasteiger partial charge in [-0.25, -0.2) is 0 Å². The van der Waals surface area contributed by atoms with Crippen LogP contribution in [0.15, 0.2) is 29.4 Å². The molecule has 5 nitrogen and oxygen atoms in total. The molecule has 0 aliphatic carbocycles. The number of hydrogen-bond donors (Lipinski definition) is 3. The highest BCUT2D eigenvalue weighted by Crippen LogP contribution is 1.94. The zero-order valence-corrected chi connectivity index (χ0v) is 10.6. The summed E-state index contributed by atoms with van der Waals surface area (Å²) in [6.07, 6.45) is 2.56. The first-order valence-corrected chi connectivity index (χ1v) is 5.88. The highest BCUT2D eigenvalue weighted by molar-refractivity contribution is 7.80. The van der Waals surface area contributed by atoms with Gasteiger partial charge >= 0.3 is 0 Å². The van der Waals surface area contributed by atoms with Crippen molar-refractivity contribution in [2.45, 2.75) is 13.3 Å². The van der Waals surface area contributed by atoms with Crippen molar-refractivity contribution in [3.8, 4) is 0 Å². The number of pyridine rings is 1. The van der Waals surface area contributed by atoms with Gasteiger partial charge in [-0.05, 0) is 31.3 Å². The first kappa shape index (κ1) is 13.4. The van der Waals surface area contributed by atoms with Gasteiger partial charge in [0.1, 0.15) is 0 Å².